The van der Waals surface area contributed by atoms with Crippen molar-refractivity contribution in [1.29, 1.82) is 5.26 Å². The standard InChI is InChI=1S/C14H11N3O4S/c1-10-5-7-11(8-6-10)12-3-2-4-13(14(12)17(18)19)22(20,21)16-9-15/h2-8,16H,1H3. The number of hydrogen-bond donors (Lipinski definition) is 1. The molecule has 0 bridgehead atoms. The van der Waals surface area contributed by atoms with Gasteiger partial charge in [-0.2, -0.15) is 5.26 Å². The number of hydrogen-bond acceptors (Lipinski definition) is 5. The van der Waals surface area contributed by atoms with E-state index in [1.165, 1.54) is 18.3 Å². The second kappa shape index (κ2) is 5.83. The summed E-state index contributed by atoms with van der Waals surface area (Å²) in [4.78, 5) is 10.1. The third-order valence-corrected chi connectivity index (χ3v) is 4.28. The Labute approximate surface area is 127 Å². The van der Waals surface area contributed by atoms with E-state index >= 15 is 0 Å². The van der Waals surface area contributed by atoms with Gasteiger partial charge in [0, 0.05) is 0 Å². The molecule has 0 aliphatic carbocycles. The Morgan fingerprint density at radius 1 is 1.18 bits per heavy atom. The second-order valence-corrected chi connectivity index (χ2v) is 6.14. The highest BCUT2D eigenvalue weighted by Crippen LogP contribution is 2.35. The molecule has 0 saturated heterocycles. The number of nitrogens with one attached hydrogen (secondary N) is 1. The van der Waals surface area contributed by atoms with Crippen LogP contribution in [-0.2, 0) is 10.0 Å². The summed E-state index contributed by atoms with van der Waals surface area (Å²) in [6, 6.07) is 10.8. The summed E-state index contributed by atoms with van der Waals surface area (Å²) in [5.41, 5.74) is 1.10. The van der Waals surface area contributed by atoms with Crippen LogP contribution in [-0.4, -0.2) is 13.3 Å². The highest BCUT2D eigenvalue weighted by molar-refractivity contribution is 7.89. The Morgan fingerprint density at radius 3 is 2.36 bits per heavy atom. The molecule has 0 heterocycles. The van der Waals surface area contributed by atoms with Gasteiger partial charge in [0.1, 0.15) is 0 Å². The molecule has 8 heteroatoms. The van der Waals surface area contributed by atoms with Gasteiger partial charge in [0.2, 0.25) is 0 Å². The fourth-order valence-electron chi connectivity index (χ4n) is 2.01. The lowest BCUT2D eigenvalue weighted by Crippen LogP contribution is -2.19. The highest BCUT2D eigenvalue weighted by Gasteiger charge is 2.29. The third-order valence-electron chi connectivity index (χ3n) is 3.01. The Morgan fingerprint density at radius 2 is 1.82 bits per heavy atom. The number of nitriles is 1. The topological polar surface area (TPSA) is 113 Å². The maximum Gasteiger partial charge on any atom is 0.297 e. The molecule has 112 valence electrons. The molecule has 0 unspecified atom stereocenters. The van der Waals surface area contributed by atoms with Crippen molar-refractivity contribution < 1.29 is 13.3 Å². The van der Waals surface area contributed by atoms with E-state index in [2.05, 4.69) is 0 Å². The van der Waals surface area contributed by atoms with Crippen LogP contribution in [0.4, 0.5) is 5.69 Å². The van der Waals surface area contributed by atoms with Crippen molar-refractivity contribution >= 4 is 15.7 Å². The Bertz CT molecular complexity index is 868. The zero-order valence-corrected chi connectivity index (χ0v) is 12.3. The van der Waals surface area contributed by atoms with E-state index in [1.807, 2.05) is 6.92 Å². The van der Waals surface area contributed by atoms with Gasteiger partial charge in [0.05, 0.1) is 10.5 Å². The van der Waals surface area contributed by atoms with Crippen LogP contribution in [0.2, 0.25) is 0 Å². The minimum atomic E-state index is -4.28. The van der Waals surface area contributed by atoms with Gasteiger partial charge < -0.3 is 0 Å². The van der Waals surface area contributed by atoms with Crippen LogP contribution in [0.15, 0.2) is 47.4 Å². The lowest BCUT2D eigenvalue weighted by Gasteiger charge is -2.08. The molecular formula is C14H11N3O4S. The summed E-state index contributed by atoms with van der Waals surface area (Å²) in [5.74, 6) is 0. The van der Waals surface area contributed by atoms with Crippen LogP contribution in [0.1, 0.15) is 5.56 Å². The number of sulfonamides is 1. The van der Waals surface area contributed by atoms with E-state index in [-0.39, 0.29) is 5.56 Å². The van der Waals surface area contributed by atoms with Gasteiger partial charge in [0.15, 0.2) is 11.1 Å². The van der Waals surface area contributed by atoms with Crippen molar-refractivity contribution in [3.63, 3.8) is 0 Å². The van der Waals surface area contributed by atoms with Crippen molar-refractivity contribution in [2.75, 3.05) is 0 Å². The number of aryl methyl sites for hydroxylation is 1. The van der Waals surface area contributed by atoms with E-state index in [4.69, 9.17) is 5.26 Å². The first-order valence-electron chi connectivity index (χ1n) is 6.12. The van der Waals surface area contributed by atoms with Gasteiger partial charge in [-0.05, 0) is 24.6 Å². The molecule has 0 atom stereocenters. The molecule has 0 aromatic heterocycles. The average Bonchev–Trinajstić information content (AvgIpc) is 2.47. The molecular weight excluding hydrogens is 306 g/mol. The number of nitro benzene ring substituents is 1. The molecule has 2 rings (SSSR count). The van der Waals surface area contributed by atoms with Crippen molar-refractivity contribution in [3.8, 4) is 17.3 Å². The Balaban J connectivity index is 2.75. The van der Waals surface area contributed by atoms with Crippen LogP contribution in [0.3, 0.4) is 0 Å². The van der Waals surface area contributed by atoms with Crippen molar-refractivity contribution in [2.24, 2.45) is 0 Å². The van der Waals surface area contributed by atoms with Gasteiger partial charge in [-0.15, -0.1) is 0 Å². The molecule has 2 aromatic rings. The lowest BCUT2D eigenvalue weighted by molar-refractivity contribution is -0.387. The largest absolute Gasteiger partial charge is 0.297 e. The van der Waals surface area contributed by atoms with Crippen LogP contribution in [0, 0.1) is 28.5 Å². The predicted octanol–water partition coefficient (Wildman–Crippen LogP) is 2.33. The van der Waals surface area contributed by atoms with Gasteiger partial charge in [-0.3, -0.25) is 10.1 Å². The van der Waals surface area contributed by atoms with Crippen LogP contribution >= 0.6 is 0 Å². The maximum atomic E-state index is 12.0. The lowest BCUT2D eigenvalue weighted by atomic mass is 10.0. The quantitative estimate of drug-likeness (QED) is 0.402. The average molecular weight is 317 g/mol. The van der Waals surface area contributed by atoms with Gasteiger partial charge in [-0.1, -0.05) is 35.9 Å². The van der Waals surface area contributed by atoms with E-state index in [0.29, 0.717) is 5.56 Å². The summed E-state index contributed by atoms with van der Waals surface area (Å²) < 4.78 is 25.5. The minimum Gasteiger partial charge on any atom is -0.258 e. The summed E-state index contributed by atoms with van der Waals surface area (Å²) >= 11 is 0. The molecule has 0 aliphatic heterocycles. The number of para-hydroxylation sites is 1. The zero-order valence-electron chi connectivity index (χ0n) is 11.5. The number of benzene rings is 2. The third kappa shape index (κ3) is 2.89. The van der Waals surface area contributed by atoms with Gasteiger partial charge >= 0.3 is 0 Å². The molecule has 7 nitrogen and oxygen atoms in total. The van der Waals surface area contributed by atoms with Crippen LogP contribution in [0.25, 0.3) is 11.1 Å². The first kappa shape index (κ1) is 15.5. The van der Waals surface area contributed by atoms with Crippen molar-refractivity contribution in [1.82, 2.24) is 4.72 Å². The monoisotopic (exact) mass is 317 g/mol. The van der Waals surface area contributed by atoms with Gasteiger partial charge in [-0.25, -0.2) is 13.1 Å². The molecule has 2 aromatic carbocycles. The minimum absolute atomic E-state index is 0.172. The SMILES string of the molecule is Cc1ccc(-c2cccc(S(=O)(=O)NC#N)c2[N+](=O)[O-])cc1. The molecule has 0 aliphatic rings. The summed E-state index contributed by atoms with van der Waals surface area (Å²) in [7, 11) is -4.28. The molecule has 0 saturated carbocycles. The fraction of sp³-hybridized carbons (Fsp3) is 0.0714. The molecule has 22 heavy (non-hydrogen) atoms. The molecule has 0 spiro atoms. The van der Waals surface area contributed by atoms with E-state index < -0.39 is 25.5 Å². The van der Waals surface area contributed by atoms with Crippen molar-refractivity contribution in [2.45, 2.75) is 11.8 Å². The zero-order chi connectivity index (χ0) is 16.3. The smallest absolute Gasteiger partial charge is 0.258 e. The van der Waals surface area contributed by atoms with E-state index in [9.17, 15) is 18.5 Å². The van der Waals surface area contributed by atoms with E-state index in [0.717, 1.165) is 11.6 Å². The summed E-state index contributed by atoms with van der Waals surface area (Å²) in [5, 5.41) is 19.9. The molecule has 1 N–H and O–H groups in total. The first-order chi connectivity index (χ1) is 10.4. The molecule has 0 radical (unpaired) electrons. The van der Waals surface area contributed by atoms with Crippen LogP contribution in [0.5, 0.6) is 0 Å². The normalized spacial score (nSPS) is 10.7. The number of rotatable bonds is 4. The molecule has 0 fully saturated rings. The Hall–Kier alpha value is -2.92. The highest BCUT2D eigenvalue weighted by atomic mass is 32.2. The predicted molar refractivity (Wildman–Crippen MR) is 79.2 cm³/mol. The first-order valence-corrected chi connectivity index (χ1v) is 7.60. The second-order valence-electron chi connectivity index (χ2n) is 4.49. The fourth-order valence-corrected chi connectivity index (χ4v) is 2.94. The summed E-state index contributed by atoms with van der Waals surface area (Å²) in [6.45, 7) is 1.87. The summed E-state index contributed by atoms with van der Waals surface area (Å²) in [6.07, 6.45) is 1.28. The maximum absolute atomic E-state index is 12.0. The number of nitro groups is 1. The Kier molecular flexibility index (Phi) is 4.10. The van der Waals surface area contributed by atoms with Crippen molar-refractivity contribution in [3.05, 3.63) is 58.1 Å². The molecule has 0 amide bonds. The van der Waals surface area contributed by atoms with Gasteiger partial charge in [0.25, 0.3) is 15.7 Å². The van der Waals surface area contributed by atoms with E-state index in [1.54, 1.807) is 29.0 Å². The van der Waals surface area contributed by atoms with Crippen LogP contribution < -0.4 is 4.72 Å². The number of nitrogens with zero attached hydrogens (tertiary/aromatic N) is 2.